The number of benzene rings is 1. The smallest absolute Gasteiger partial charge is 0.175 e. The third-order valence-corrected chi connectivity index (χ3v) is 3.33. The lowest BCUT2D eigenvalue weighted by Gasteiger charge is -2.03. The van der Waals surface area contributed by atoms with Crippen molar-refractivity contribution in [1.29, 1.82) is 0 Å². The number of sulfone groups is 1. The Hall–Kier alpha value is -1.62. The van der Waals surface area contributed by atoms with Crippen molar-refractivity contribution in [3.8, 4) is 0 Å². The fourth-order valence-electron chi connectivity index (χ4n) is 1.38. The quantitative estimate of drug-likeness (QED) is 0.801. The van der Waals surface area contributed by atoms with Crippen LogP contribution in [0.2, 0.25) is 0 Å². The molecule has 0 aliphatic rings. The van der Waals surface area contributed by atoms with Crippen LogP contribution in [0.3, 0.4) is 0 Å². The summed E-state index contributed by atoms with van der Waals surface area (Å²) in [6.07, 6.45) is 5.71. The van der Waals surface area contributed by atoms with Crippen LogP contribution in [-0.4, -0.2) is 24.5 Å². The van der Waals surface area contributed by atoms with Gasteiger partial charge in [0.05, 0.1) is 11.4 Å². The third-order valence-electron chi connectivity index (χ3n) is 2.20. The minimum Gasteiger partial charge on any atom is -0.268 e. The van der Waals surface area contributed by atoms with Gasteiger partial charge in [0.15, 0.2) is 9.84 Å². The Morgan fingerprint density at radius 2 is 2.00 bits per heavy atom. The van der Waals surface area contributed by atoms with E-state index in [9.17, 15) is 8.42 Å². The molecule has 2 aromatic rings. The Balaban J connectivity index is 2.20. The van der Waals surface area contributed by atoms with E-state index in [0.717, 1.165) is 5.56 Å². The number of rotatable bonds is 3. The molecule has 0 saturated carbocycles. The molecular weight excluding hydrogens is 224 g/mol. The van der Waals surface area contributed by atoms with Crippen LogP contribution in [0.4, 0.5) is 0 Å². The fraction of sp³-hybridized carbons (Fsp3) is 0.182. The van der Waals surface area contributed by atoms with Crippen LogP contribution in [0.15, 0.2) is 41.4 Å². The maximum absolute atomic E-state index is 11.2. The van der Waals surface area contributed by atoms with E-state index in [1.807, 2.05) is 6.20 Å². The first kappa shape index (κ1) is 10.9. The minimum absolute atomic E-state index is 0.336. The molecule has 0 fully saturated rings. The van der Waals surface area contributed by atoms with Crippen LogP contribution in [0.25, 0.3) is 0 Å². The monoisotopic (exact) mass is 235 g/mol. The highest BCUT2D eigenvalue weighted by Gasteiger charge is 2.05. The molecule has 0 saturated heterocycles. The summed E-state index contributed by atoms with van der Waals surface area (Å²) in [5.41, 5.74) is 1.00. The molecule has 1 aromatic carbocycles. The third kappa shape index (κ3) is 2.49. The summed E-state index contributed by atoms with van der Waals surface area (Å²) in [4.78, 5) is 0.336. The van der Waals surface area contributed by atoms with Gasteiger partial charge in [-0.15, -0.1) is 0 Å². The second-order valence-electron chi connectivity index (χ2n) is 3.56. The molecule has 0 atom stereocenters. The summed E-state index contributed by atoms with van der Waals surface area (Å²) < 4.78 is 24.2. The van der Waals surface area contributed by atoms with E-state index in [1.54, 1.807) is 35.0 Å². The van der Waals surface area contributed by atoms with E-state index in [1.165, 1.54) is 6.26 Å². The SMILES string of the molecule is CS(=O)(=O)c1ccc(Cn2cc[c]n2)cc1. The molecule has 0 bridgehead atoms. The highest BCUT2D eigenvalue weighted by molar-refractivity contribution is 7.90. The molecule has 2 rings (SSSR count). The van der Waals surface area contributed by atoms with Crippen molar-refractivity contribution in [2.24, 2.45) is 0 Å². The Bertz CT molecular complexity index is 557. The van der Waals surface area contributed by atoms with Gasteiger partial charge in [-0.3, -0.25) is 4.68 Å². The van der Waals surface area contributed by atoms with Gasteiger partial charge in [-0.05, 0) is 23.8 Å². The highest BCUT2D eigenvalue weighted by atomic mass is 32.2. The van der Waals surface area contributed by atoms with Crippen LogP contribution >= 0.6 is 0 Å². The van der Waals surface area contributed by atoms with Crippen LogP contribution in [0.5, 0.6) is 0 Å². The lowest BCUT2D eigenvalue weighted by atomic mass is 10.2. The van der Waals surface area contributed by atoms with Crippen molar-refractivity contribution in [3.05, 3.63) is 48.3 Å². The molecule has 1 aromatic heterocycles. The molecule has 5 heteroatoms. The molecule has 16 heavy (non-hydrogen) atoms. The first-order valence-corrected chi connectivity index (χ1v) is 6.63. The van der Waals surface area contributed by atoms with Crippen molar-refractivity contribution < 1.29 is 8.42 Å². The molecular formula is C11H11N2O2S. The van der Waals surface area contributed by atoms with Crippen molar-refractivity contribution >= 4 is 9.84 Å². The molecule has 4 nitrogen and oxygen atoms in total. The van der Waals surface area contributed by atoms with E-state index in [2.05, 4.69) is 11.3 Å². The van der Waals surface area contributed by atoms with Crippen LogP contribution < -0.4 is 0 Å². The predicted octanol–water partition coefficient (Wildman–Crippen LogP) is 1.14. The van der Waals surface area contributed by atoms with E-state index in [-0.39, 0.29) is 0 Å². The molecule has 83 valence electrons. The minimum atomic E-state index is -3.11. The standard InChI is InChI=1S/C11H11N2O2S/c1-16(14,15)11-5-3-10(4-6-11)9-13-8-2-7-12-13/h2-6,8H,9H2,1H3. The van der Waals surface area contributed by atoms with Gasteiger partial charge < -0.3 is 0 Å². The number of hydrogen-bond acceptors (Lipinski definition) is 3. The molecule has 0 aliphatic carbocycles. The number of hydrogen-bond donors (Lipinski definition) is 0. The summed E-state index contributed by atoms with van der Waals surface area (Å²) in [7, 11) is -3.11. The molecule has 0 unspecified atom stereocenters. The van der Waals surface area contributed by atoms with Gasteiger partial charge in [0.2, 0.25) is 0 Å². The van der Waals surface area contributed by atoms with E-state index in [4.69, 9.17) is 0 Å². The average Bonchev–Trinajstić information content (AvgIpc) is 2.70. The lowest BCUT2D eigenvalue weighted by molar-refractivity contribution is 0.602. The van der Waals surface area contributed by atoms with Crippen molar-refractivity contribution in [2.75, 3.05) is 6.26 Å². The molecule has 1 radical (unpaired) electrons. The van der Waals surface area contributed by atoms with Gasteiger partial charge in [0.1, 0.15) is 6.20 Å². The van der Waals surface area contributed by atoms with Gasteiger partial charge in [-0.1, -0.05) is 12.1 Å². The summed E-state index contributed by atoms with van der Waals surface area (Å²) in [6.45, 7) is 0.619. The largest absolute Gasteiger partial charge is 0.268 e. The Morgan fingerprint density at radius 1 is 1.31 bits per heavy atom. The number of nitrogens with zero attached hydrogens (tertiary/aromatic N) is 2. The van der Waals surface area contributed by atoms with E-state index in [0.29, 0.717) is 11.4 Å². The molecule has 0 spiro atoms. The van der Waals surface area contributed by atoms with Crippen molar-refractivity contribution in [1.82, 2.24) is 9.78 Å². The zero-order valence-corrected chi connectivity index (χ0v) is 9.61. The first-order valence-electron chi connectivity index (χ1n) is 4.74. The van der Waals surface area contributed by atoms with E-state index >= 15 is 0 Å². The molecule has 0 amide bonds. The van der Waals surface area contributed by atoms with Gasteiger partial charge in [-0.25, -0.2) is 8.42 Å². The summed E-state index contributed by atoms with van der Waals surface area (Å²) in [6, 6.07) is 8.52. The molecule has 0 aliphatic heterocycles. The topological polar surface area (TPSA) is 52.0 Å². The van der Waals surface area contributed by atoms with E-state index < -0.39 is 9.84 Å². The maximum atomic E-state index is 11.2. The molecule has 1 heterocycles. The Morgan fingerprint density at radius 3 is 2.50 bits per heavy atom. The summed E-state index contributed by atoms with van der Waals surface area (Å²) in [5.74, 6) is 0. The average molecular weight is 235 g/mol. The Labute approximate surface area is 94.5 Å². The summed E-state index contributed by atoms with van der Waals surface area (Å²) in [5, 5.41) is 3.96. The zero-order chi connectivity index (χ0) is 11.6. The predicted molar refractivity (Wildman–Crippen MR) is 59.7 cm³/mol. The maximum Gasteiger partial charge on any atom is 0.175 e. The zero-order valence-electron chi connectivity index (χ0n) is 8.79. The second-order valence-corrected chi connectivity index (χ2v) is 5.57. The van der Waals surface area contributed by atoms with Gasteiger partial charge in [0.25, 0.3) is 0 Å². The lowest BCUT2D eigenvalue weighted by Crippen LogP contribution is -2.01. The highest BCUT2D eigenvalue weighted by Crippen LogP contribution is 2.10. The first-order chi connectivity index (χ1) is 7.55. The Kier molecular flexibility index (Phi) is 2.78. The van der Waals surface area contributed by atoms with Crippen molar-refractivity contribution in [2.45, 2.75) is 11.4 Å². The molecule has 0 N–H and O–H groups in total. The summed E-state index contributed by atoms with van der Waals surface area (Å²) >= 11 is 0. The van der Waals surface area contributed by atoms with Gasteiger partial charge in [-0.2, -0.15) is 5.10 Å². The fourth-order valence-corrected chi connectivity index (χ4v) is 2.01. The van der Waals surface area contributed by atoms with Crippen LogP contribution in [0, 0.1) is 6.20 Å². The number of aromatic nitrogens is 2. The van der Waals surface area contributed by atoms with Gasteiger partial charge >= 0.3 is 0 Å². The van der Waals surface area contributed by atoms with Crippen LogP contribution in [0.1, 0.15) is 5.56 Å². The normalized spacial score (nSPS) is 11.6. The van der Waals surface area contributed by atoms with Gasteiger partial charge in [0, 0.05) is 12.5 Å². The van der Waals surface area contributed by atoms with Crippen molar-refractivity contribution in [3.63, 3.8) is 0 Å². The second kappa shape index (κ2) is 4.09. The van der Waals surface area contributed by atoms with Crippen LogP contribution in [-0.2, 0) is 16.4 Å².